The lowest BCUT2D eigenvalue weighted by atomic mass is 10.1. The van der Waals surface area contributed by atoms with Crippen LogP contribution in [-0.4, -0.2) is 53.2 Å². The van der Waals surface area contributed by atoms with Crippen LogP contribution in [0.2, 0.25) is 0 Å². The van der Waals surface area contributed by atoms with E-state index in [0.29, 0.717) is 24.7 Å². The molecular formula is C33H36N6O2. The van der Waals surface area contributed by atoms with Gasteiger partial charge in [0.25, 0.3) is 0 Å². The molecule has 2 aliphatic heterocycles. The largest absolute Gasteiger partial charge is 0.492 e. The first-order chi connectivity index (χ1) is 20.1. The van der Waals surface area contributed by atoms with E-state index in [2.05, 4.69) is 38.7 Å². The highest BCUT2D eigenvalue weighted by Gasteiger charge is 2.15. The van der Waals surface area contributed by atoms with Gasteiger partial charge in [-0.05, 0) is 85.9 Å². The Bertz CT molecular complexity index is 1580. The highest BCUT2D eigenvalue weighted by Crippen LogP contribution is 2.32. The summed E-state index contributed by atoms with van der Waals surface area (Å²) in [7, 11) is 0. The monoisotopic (exact) mass is 548 g/mol. The zero-order valence-corrected chi connectivity index (χ0v) is 23.5. The molecule has 1 fully saturated rings. The normalized spacial score (nSPS) is 14.7. The summed E-state index contributed by atoms with van der Waals surface area (Å²) in [5.74, 6) is 2.07. The zero-order chi connectivity index (χ0) is 28.0. The van der Waals surface area contributed by atoms with Crippen LogP contribution in [0.1, 0.15) is 50.2 Å². The number of likely N-dealkylation sites (tertiary alicyclic amines) is 1. The number of fused-ring (bicyclic) bond motifs is 2. The first kappa shape index (κ1) is 26.9. The Labute approximate surface area is 240 Å². The van der Waals surface area contributed by atoms with Gasteiger partial charge in [0, 0.05) is 41.5 Å². The molecule has 6 rings (SSSR count). The molecule has 2 aliphatic rings. The van der Waals surface area contributed by atoms with Crippen molar-refractivity contribution in [2.24, 2.45) is 4.99 Å². The predicted octanol–water partition coefficient (Wildman–Crippen LogP) is 6.58. The third-order valence-electron chi connectivity index (χ3n) is 7.57. The first-order valence-corrected chi connectivity index (χ1v) is 14.6. The number of benzene rings is 3. The average molecular weight is 549 g/mol. The standard InChI is InChI=1S/C33H36N6O2/c1-2-7-31(40)35-26-9-6-8-23(18-26)32-37-30-13-12-28(41-17-16-39-14-4-3-5-15-39)20-29(30)33(38-32)36-27-11-10-24-21-34-22-25(24)19-27/h6,8-13,18-20,22H,2-5,7,14-17,21H2,1H3,(H,35,40)(H,36,37,38). The predicted molar refractivity (Wildman–Crippen MR) is 165 cm³/mol. The number of nitrogens with one attached hydrogen (secondary N) is 2. The second kappa shape index (κ2) is 12.5. The number of amides is 1. The molecule has 3 heterocycles. The summed E-state index contributed by atoms with van der Waals surface area (Å²) in [6.45, 7) is 6.60. The van der Waals surface area contributed by atoms with E-state index in [1.54, 1.807) is 0 Å². The van der Waals surface area contributed by atoms with Crippen LogP contribution in [0.25, 0.3) is 22.3 Å². The number of carbonyl (C=O) groups excluding carboxylic acids is 1. The maximum atomic E-state index is 12.2. The molecule has 4 aromatic rings. The van der Waals surface area contributed by atoms with E-state index < -0.39 is 0 Å². The molecule has 41 heavy (non-hydrogen) atoms. The van der Waals surface area contributed by atoms with Crippen LogP contribution in [-0.2, 0) is 11.3 Å². The molecule has 8 heteroatoms. The highest BCUT2D eigenvalue weighted by molar-refractivity contribution is 5.95. The molecule has 1 amide bonds. The molecule has 0 radical (unpaired) electrons. The van der Waals surface area contributed by atoms with Gasteiger partial charge in [-0.1, -0.05) is 31.5 Å². The molecule has 0 unspecified atom stereocenters. The van der Waals surface area contributed by atoms with Crippen molar-refractivity contribution in [3.8, 4) is 17.1 Å². The summed E-state index contributed by atoms with van der Waals surface area (Å²) in [6.07, 6.45) is 7.07. The smallest absolute Gasteiger partial charge is 0.224 e. The fourth-order valence-corrected chi connectivity index (χ4v) is 5.40. The molecule has 3 aromatic carbocycles. The van der Waals surface area contributed by atoms with Gasteiger partial charge in [0.15, 0.2) is 5.82 Å². The molecule has 0 bridgehead atoms. The fraction of sp³-hybridized carbons (Fsp3) is 0.333. The average Bonchev–Trinajstić information content (AvgIpc) is 3.46. The summed E-state index contributed by atoms with van der Waals surface area (Å²) in [5.41, 5.74) is 5.63. The second-order valence-corrected chi connectivity index (χ2v) is 10.7. The molecule has 0 atom stereocenters. The molecule has 0 saturated carbocycles. The van der Waals surface area contributed by atoms with Crippen LogP contribution in [0.15, 0.2) is 65.7 Å². The molecule has 1 aromatic heterocycles. The van der Waals surface area contributed by atoms with E-state index in [0.717, 1.165) is 71.8 Å². The number of aliphatic imine (C=N–C) groups is 1. The van der Waals surface area contributed by atoms with Crippen molar-refractivity contribution in [1.29, 1.82) is 0 Å². The van der Waals surface area contributed by atoms with E-state index in [9.17, 15) is 4.79 Å². The highest BCUT2D eigenvalue weighted by atomic mass is 16.5. The number of aromatic nitrogens is 2. The van der Waals surface area contributed by atoms with Gasteiger partial charge in [-0.25, -0.2) is 9.97 Å². The van der Waals surface area contributed by atoms with Crippen molar-refractivity contribution in [1.82, 2.24) is 14.9 Å². The molecule has 0 spiro atoms. The lowest BCUT2D eigenvalue weighted by Gasteiger charge is -2.26. The second-order valence-electron chi connectivity index (χ2n) is 10.7. The Balaban J connectivity index is 1.31. The minimum atomic E-state index is -0.000555. The van der Waals surface area contributed by atoms with E-state index in [-0.39, 0.29) is 5.91 Å². The van der Waals surface area contributed by atoms with Crippen molar-refractivity contribution < 1.29 is 9.53 Å². The number of ether oxygens (including phenoxy) is 1. The lowest BCUT2D eigenvalue weighted by Crippen LogP contribution is -2.33. The van der Waals surface area contributed by atoms with Crippen LogP contribution in [0, 0.1) is 0 Å². The van der Waals surface area contributed by atoms with Crippen molar-refractivity contribution in [2.75, 3.05) is 36.9 Å². The number of rotatable bonds is 10. The number of hydrogen-bond donors (Lipinski definition) is 2. The first-order valence-electron chi connectivity index (χ1n) is 14.6. The van der Waals surface area contributed by atoms with Crippen molar-refractivity contribution in [3.63, 3.8) is 0 Å². The number of anilines is 3. The van der Waals surface area contributed by atoms with Gasteiger partial charge in [0.05, 0.1) is 12.1 Å². The van der Waals surface area contributed by atoms with Crippen LogP contribution in [0.4, 0.5) is 17.2 Å². The van der Waals surface area contributed by atoms with E-state index in [4.69, 9.17) is 14.7 Å². The van der Waals surface area contributed by atoms with Crippen LogP contribution >= 0.6 is 0 Å². The van der Waals surface area contributed by atoms with Crippen LogP contribution in [0.3, 0.4) is 0 Å². The van der Waals surface area contributed by atoms with Crippen molar-refractivity contribution in [2.45, 2.75) is 45.6 Å². The van der Waals surface area contributed by atoms with Gasteiger partial charge in [-0.15, -0.1) is 0 Å². The number of carbonyl (C=O) groups is 1. The Kier molecular flexibility index (Phi) is 8.18. The minimum absolute atomic E-state index is 0.000555. The molecule has 0 aliphatic carbocycles. The Morgan fingerprint density at radius 1 is 0.976 bits per heavy atom. The van der Waals surface area contributed by atoms with E-state index >= 15 is 0 Å². The number of nitrogens with zero attached hydrogens (tertiary/aromatic N) is 4. The molecule has 2 N–H and O–H groups in total. The lowest BCUT2D eigenvalue weighted by molar-refractivity contribution is -0.116. The van der Waals surface area contributed by atoms with Gasteiger partial charge in [-0.2, -0.15) is 0 Å². The maximum Gasteiger partial charge on any atom is 0.224 e. The van der Waals surface area contributed by atoms with Gasteiger partial charge in [0.2, 0.25) is 5.91 Å². The topological polar surface area (TPSA) is 91.7 Å². The van der Waals surface area contributed by atoms with Crippen LogP contribution < -0.4 is 15.4 Å². The van der Waals surface area contributed by atoms with Gasteiger partial charge >= 0.3 is 0 Å². The van der Waals surface area contributed by atoms with Crippen molar-refractivity contribution in [3.05, 3.63) is 71.8 Å². The van der Waals surface area contributed by atoms with Gasteiger partial charge < -0.3 is 15.4 Å². The third-order valence-corrected chi connectivity index (χ3v) is 7.57. The number of piperidine rings is 1. The van der Waals surface area contributed by atoms with Gasteiger partial charge in [0.1, 0.15) is 18.2 Å². The Morgan fingerprint density at radius 3 is 2.76 bits per heavy atom. The summed E-state index contributed by atoms with van der Waals surface area (Å²) >= 11 is 0. The zero-order valence-electron chi connectivity index (χ0n) is 23.5. The third kappa shape index (κ3) is 6.55. The van der Waals surface area contributed by atoms with E-state index in [1.165, 1.54) is 24.8 Å². The molecular weight excluding hydrogens is 512 g/mol. The Morgan fingerprint density at radius 2 is 1.88 bits per heavy atom. The molecule has 8 nitrogen and oxygen atoms in total. The quantitative estimate of drug-likeness (QED) is 0.233. The summed E-state index contributed by atoms with van der Waals surface area (Å²) in [4.78, 5) is 28.9. The van der Waals surface area contributed by atoms with Crippen molar-refractivity contribution >= 4 is 40.2 Å². The molecule has 1 saturated heterocycles. The maximum absolute atomic E-state index is 12.2. The SMILES string of the molecule is CCCC(=O)Nc1cccc(-c2nc(Nc3ccc4c(c3)C=NC4)c3cc(OCCN4CCCCC4)ccc3n2)c1. The van der Waals surface area contributed by atoms with Gasteiger partial charge in [-0.3, -0.25) is 14.7 Å². The van der Waals surface area contributed by atoms with Crippen LogP contribution in [0.5, 0.6) is 5.75 Å². The Hall–Kier alpha value is -4.30. The minimum Gasteiger partial charge on any atom is -0.492 e. The summed E-state index contributed by atoms with van der Waals surface area (Å²) in [6, 6.07) is 19.9. The summed E-state index contributed by atoms with van der Waals surface area (Å²) in [5, 5.41) is 7.40. The fourth-order valence-electron chi connectivity index (χ4n) is 5.40. The molecule has 210 valence electrons. The summed E-state index contributed by atoms with van der Waals surface area (Å²) < 4.78 is 6.19. The number of hydrogen-bond acceptors (Lipinski definition) is 7. The van der Waals surface area contributed by atoms with E-state index in [1.807, 2.05) is 55.6 Å².